The summed E-state index contributed by atoms with van der Waals surface area (Å²) >= 11 is 0. The van der Waals surface area contributed by atoms with Gasteiger partial charge in [-0.25, -0.2) is 14.4 Å². The Labute approximate surface area is 179 Å². The maximum atomic E-state index is 14.0. The van der Waals surface area contributed by atoms with Gasteiger partial charge in [0.15, 0.2) is 0 Å². The molecular formula is C23H15F4N3O2. The molecule has 162 valence electrons. The predicted octanol–water partition coefficient (Wildman–Crippen LogP) is 5.67. The Kier molecular flexibility index (Phi) is 5.48. The Morgan fingerprint density at radius 1 is 0.938 bits per heavy atom. The zero-order valence-electron chi connectivity index (χ0n) is 16.6. The van der Waals surface area contributed by atoms with E-state index in [9.17, 15) is 22.4 Å². The number of ether oxygens (including phenoxy) is 1. The number of halogens is 4. The molecule has 3 aromatic carbocycles. The van der Waals surface area contributed by atoms with Crippen LogP contribution in [-0.2, 0) is 0 Å². The van der Waals surface area contributed by atoms with Crippen molar-refractivity contribution < 1.29 is 27.1 Å². The van der Waals surface area contributed by atoms with Crippen molar-refractivity contribution in [2.24, 2.45) is 0 Å². The molecule has 0 N–H and O–H groups in total. The van der Waals surface area contributed by atoms with Gasteiger partial charge in [0.05, 0.1) is 5.52 Å². The summed E-state index contributed by atoms with van der Waals surface area (Å²) in [6.45, 7) is 0. The topological polar surface area (TPSA) is 55.3 Å². The fourth-order valence-corrected chi connectivity index (χ4v) is 3.15. The molecule has 0 saturated carbocycles. The van der Waals surface area contributed by atoms with Crippen molar-refractivity contribution in [2.75, 3.05) is 11.9 Å². The van der Waals surface area contributed by atoms with Crippen LogP contribution in [0.2, 0.25) is 0 Å². The number of anilines is 2. The molecule has 0 aliphatic rings. The number of aromatic nitrogens is 2. The van der Waals surface area contributed by atoms with Crippen molar-refractivity contribution in [1.29, 1.82) is 0 Å². The first kappa shape index (κ1) is 21.2. The van der Waals surface area contributed by atoms with Crippen LogP contribution in [0.25, 0.3) is 10.9 Å². The molecule has 0 saturated heterocycles. The van der Waals surface area contributed by atoms with Gasteiger partial charge >= 0.3 is 6.36 Å². The van der Waals surface area contributed by atoms with Crippen molar-refractivity contribution in [2.45, 2.75) is 6.36 Å². The molecule has 0 aliphatic carbocycles. The van der Waals surface area contributed by atoms with Crippen molar-refractivity contribution in [3.63, 3.8) is 0 Å². The molecule has 0 bridgehead atoms. The first-order valence-corrected chi connectivity index (χ1v) is 9.38. The lowest BCUT2D eigenvalue weighted by Gasteiger charge is -2.21. The molecule has 0 atom stereocenters. The number of rotatable bonds is 5. The molecule has 0 spiro atoms. The lowest BCUT2D eigenvalue weighted by molar-refractivity contribution is -0.274. The highest BCUT2D eigenvalue weighted by Gasteiger charge is 2.31. The molecule has 4 aromatic rings. The molecule has 4 rings (SSSR count). The van der Waals surface area contributed by atoms with Gasteiger partial charge in [-0.2, -0.15) is 0 Å². The number of fused-ring (bicyclic) bond motifs is 1. The van der Waals surface area contributed by atoms with Crippen LogP contribution in [0.4, 0.5) is 29.1 Å². The summed E-state index contributed by atoms with van der Waals surface area (Å²) in [5, 5.41) is 0.340. The normalized spacial score (nSPS) is 11.4. The van der Waals surface area contributed by atoms with Crippen LogP contribution in [0.3, 0.4) is 0 Å². The van der Waals surface area contributed by atoms with Gasteiger partial charge in [0.2, 0.25) is 11.6 Å². The van der Waals surface area contributed by atoms with Gasteiger partial charge in [-0.1, -0.05) is 30.3 Å². The Bertz CT molecular complexity index is 1280. The van der Waals surface area contributed by atoms with Crippen LogP contribution in [0.15, 0.2) is 72.8 Å². The molecular weight excluding hydrogens is 426 g/mol. The third-order valence-electron chi connectivity index (χ3n) is 4.65. The van der Waals surface area contributed by atoms with Crippen molar-refractivity contribution in [3.05, 3.63) is 90.0 Å². The molecule has 1 heterocycles. The van der Waals surface area contributed by atoms with Crippen molar-refractivity contribution >= 4 is 28.2 Å². The third-order valence-corrected chi connectivity index (χ3v) is 4.65. The predicted molar refractivity (Wildman–Crippen MR) is 111 cm³/mol. The fourth-order valence-electron chi connectivity index (χ4n) is 3.15. The van der Waals surface area contributed by atoms with E-state index in [0.29, 0.717) is 22.2 Å². The minimum Gasteiger partial charge on any atom is -0.406 e. The first-order valence-electron chi connectivity index (χ1n) is 9.38. The maximum absolute atomic E-state index is 14.0. The zero-order valence-corrected chi connectivity index (χ0v) is 16.6. The quantitative estimate of drug-likeness (QED) is 0.295. The Balaban J connectivity index is 1.78. The van der Waals surface area contributed by atoms with Gasteiger partial charge in [0.25, 0.3) is 0 Å². The number of benzene rings is 3. The summed E-state index contributed by atoms with van der Waals surface area (Å²) in [5.41, 5.74) is 1.18. The van der Waals surface area contributed by atoms with E-state index in [4.69, 9.17) is 0 Å². The van der Waals surface area contributed by atoms with Gasteiger partial charge in [0.1, 0.15) is 17.4 Å². The molecule has 32 heavy (non-hydrogen) atoms. The second-order valence-electron chi connectivity index (χ2n) is 6.83. The van der Waals surface area contributed by atoms with Gasteiger partial charge in [-0.3, -0.25) is 4.79 Å². The molecule has 0 unspecified atom stereocenters. The summed E-state index contributed by atoms with van der Waals surface area (Å²) in [6.07, 6.45) is -4.81. The lowest BCUT2D eigenvalue weighted by Crippen LogP contribution is -2.18. The third kappa shape index (κ3) is 4.51. The van der Waals surface area contributed by atoms with Crippen LogP contribution in [0.1, 0.15) is 16.2 Å². The highest BCUT2D eigenvalue weighted by Crippen LogP contribution is 2.32. The van der Waals surface area contributed by atoms with Crippen LogP contribution < -0.4 is 9.64 Å². The second kappa shape index (κ2) is 8.26. The SMILES string of the molecule is CN(c1ccc(OC(F)(F)F)cc1)c1nc(C(=O)c2ccccc2)nc2ccc(F)cc12. The molecule has 0 amide bonds. The smallest absolute Gasteiger partial charge is 0.406 e. The summed E-state index contributed by atoms with van der Waals surface area (Å²) < 4.78 is 55.1. The van der Waals surface area contributed by atoms with E-state index in [2.05, 4.69) is 14.7 Å². The van der Waals surface area contributed by atoms with Gasteiger partial charge in [-0.15, -0.1) is 13.2 Å². The van der Waals surface area contributed by atoms with Crippen molar-refractivity contribution in [1.82, 2.24) is 9.97 Å². The monoisotopic (exact) mass is 441 g/mol. The number of hydrogen-bond acceptors (Lipinski definition) is 5. The molecule has 9 heteroatoms. The summed E-state index contributed by atoms with van der Waals surface area (Å²) in [7, 11) is 1.60. The highest BCUT2D eigenvalue weighted by molar-refractivity contribution is 6.08. The lowest BCUT2D eigenvalue weighted by atomic mass is 10.1. The van der Waals surface area contributed by atoms with E-state index in [-0.39, 0.29) is 17.4 Å². The molecule has 5 nitrogen and oxygen atoms in total. The summed E-state index contributed by atoms with van der Waals surface area (Å²) in [4.78, 5) is 23.1. The molecule has 0 fully saturated rings. The molecule has 0 radical (unpaired) electrons. The van der Waals surface area contributed by atoms with Gasteiger partial charge in [0, 0.05) is 23.7 Å². The van der Waals surface area contributed by atoms with E-state index >= 15 is 0 Å². The van der Waals surface area contributed by atoms with Gasteiger partial charge in [-0.05, 0) is 42.5 Å². The second-order valence-corrected chi connectivity index (χ2v) is 6.83. The van der Waals surface area contributed by atoms with E-state index < -0.39 is 18.0 Å². The first-order chi connectivity index (χ1) is 15.2. The van der Waals surface area contributed by atoms with E-state index in [0.717, 1.165) is 12.1 Å². The van der Waals surface area contributed by atoms with Crippen LogP contribution >= 0.6 is 0 Å². The maximum Gasteiger partial charge on any atom is 0.573 e. The summed E-state index contributed by atoms with van der Waals surface area (Å²) in [6, 6.07) is 17.4. The van der Waals surface area contributed by atoms with E-state index in [1.807, 2.05) is 0 Å². The number of hydrogen-bond donors (Lipinski definition) is 0. The van der Waals surface area contributed by atoms with Gasteiger partial charge < -0.3 is 9.64 Å². The Morgan fingerprint density at radius 3 is 2.28 bits per heavy atom. The Morgan fingerprint density at radius 2 is 1.62 bits per heavy atom. The number of carbonyl (C=O) groups excluding carboxylic acids is 1. The van der Waals surface area contributed by atoms with E-state index in [1.165, 1.54) is 35.2 Å². The average Bonchev–Trinajstić information content (AvgIpc) is 2.77. The number of alkyl halides is 3. The number of ketones is 1. The van der Waals surface area contributed by atoms with Crippen molar-refractivity contribution in [3.8, 4) is 5.75 Å². The fraction of sp³-hybridized carbons (Fsp3) is 0.0870. The summed E-state index contributed by atoms with van der Waals surface area (Å²) in [5.74, 6) is -1.19. The van der Waals surface area contributed by atoms with Crippen LogP contribution in [0.5, 0.6) is 5.75 Å². The van der Waals surface area contributed by atoms with E-state index in [1.54, 1.807) is 37.4 Å². The Hall–Kier alpha value is -4.01. The highest BCUT2D eigenvalue weighted by atomic mass is 19.4. The average molecular weight is 441 g/mol. The number of carbonyl (C=O) groups is 1. The molecule has 1 aromatic heterocycles. The molecule has 0 aliphatic heterocycles. The van der Waals surface area contributed by atoms with Crippen LogP contribution in [0, 0.1) is 5.82 Å². The standard InChI is InChI=1S/C23H15F4N3O2/c1-30(16-8-10-17(11-9-16)32-23(25,26)27)22-18-13-15(24)7-12-19(18)28-21(29-22)20(31)14-5-3-2-4-6-14/h2-13H,1H3. The zero-order chi connectivity index (χ0) is 22.9. The minimum absolute atomic E-state index is 0.0887. The van der Waals surface area contributed by atoms with Crippen LogP contribution in [-0.4, -0.2) is 29.2 Å². The minimum atomic E-state index is -4.81. The largest absolute Gasteiger partial charge is 0.573 e. The number of nitrogens with zero attached hydrogens (tertiary/aromatic N) is 3.